The predicted molar refractivity (Wildman–Crippen MR) is 84.8 cm³/mol. The van der Waals surface area contributed by atoms with Gasteiger partial charge in [-0.05, 0) is 30.9 Å². The minimum atomic E-state index is -0.404. The Balaban J connectivity index is 1.76. The van der Waals surface area contributed by atoms with Crippen LogP contribution in [0.5, 0.6) is 0 Å². The Morgan fingerprint density at radius 1 is 1.38 bits per heavy atom. The van der Waals surface area contributed by atoms with Crippen LogP contribution in [0.15, 0.2) is 30.6 Å². The number of aryl methyl sites for hydroxylation is 1. The summed E-state index contributed by atoms with van der Waals surface area (Å²) in [6.45, 7) is 5.60. The molecule has 0 aliphatic heterocycles. The molecule has 5 heteroatoms. The monoisotopic (exact) mass is 288 g/mol. The number of hydrogen-bond acceptors (Lipinski definition) is 3. The van der Waals surface area contributed by atoms with Crippen molar-refractivity contribution in [1.29, 1.82) is 0 Å². The number of benzene rings is 1. The lowest BCUT2D eigenvalue weighted by atomic mass is 10.0. The lowest BCUT2D eigenvalue weighted by molar-refractivity contribution is -0.122. The second-order valence-electron chi connectivity index (χ2n) is 5.81. The van der Waals surface area contributed by atoms with Crippen LogP contribution in [0.4, 0.5) is 0 Å². The van der Waals surface area contributed by atoms with Crippen LogP contribution in [0.2, 0.25) is 0 Å². The molecule has 0 fully saturated rings. The molecule has 0 radical (unpaired) electrons. The minimum Gasteiger partial charge on any atom is -0.355 e. The zero-order valence-corrected chi connectivity index (χ0v) is 12.7. The summed E-state index contributed by atoms with van der Waals surface area (Å²) in [5.41, 5.74) is 7.97. The molecule has 1 atom stereocenters. The van der Waals surface area contributed by atoms with Gasteiger partial charge in [-0.15, -0.1) is 0 Å². The number of rotatable bonds is 7. The van der Waals surface area contributed by atoms with Crippen LogP contribution in [0, 0.1) is 5.92 Å². The first-order valence-electron chi connectivity index (χ1n) is 7.51. The van der Waals surface area contributed by atoms with Crippen molar-refractivity contribution < 1.29 is 4.79 Å². The van der Waals surface area contributed by atoms with Gasteiger partial charge in [-0.2, -0.15) is 0 Å². The summed E-state index contributed by atoms with van der Waals surface area (Å²) < 4.78 is 2.11. The van der Waals surface area contributed by atoms with E-state index in [1.807, 2.05) is 24.5 Å². The second-order valence-corrected chi connectivity index (χ2v) is 5.81. The second kappa shape index (κ2) is 7.22. The van der Waals surface area contributed by atoms with Gasteiger partial charge in [-0.25, -0.2) is 4.98 Å². The van der Waals surface area contributed by atoms with Crippen LogP contribution in [0.25, 0.3) is 11.0 Å². The van der Waals surface area contributed by atoms with Gasteiger partial charge in [-0.1, -0.05) is 26.0 Å². The number of nitrogens with two attached hydrogens (primary N) is 1. The van der Waals surface area contributed by atoms with E-state index in [2.05, 4.69) is 34.8 Å². The SMILES string of the molecule is CC(C)C[C@H](N)C(=O)NCCCn1cnc2ccccc21. The summed E-state index contributed by atoms with van der Waals surface area (Å²) in [5, 5.41) is 2.90. The topological polar surface area (TPSA) is 72.9 Å². The number of amides is 1. The smallest absolute Gasteiger partial charge is 0.236 e. The number of hydrogen-bond donors (Lipinski definition) is 2. The molecule has 1 aromatic carbocycles. The van der Waals surface area contributed by atoms with Crippen LogP contribution in [-0.4, -0.2) is 28.0 Å². The lowest BCUT2D eigenvalue weighted by Gasteiger charge is -2.14. The molecule has 3 N–H and O–H groups in total. The summed E-state index contributed by atoms with van der Waals surface area (Å²) in [6, 6.07) is 7.64. The summed E-state index contributed by atoms with van der Waals surface area (Å²) >= 11 is 0. The van der Waals surface area contributed by atoms with Gasteiger partial charge in [0.15, 0.2) is 0 Å². The van der Waals surface area contributed by atoms with Crippen LogP contribution in [-0.2, 0) is 11.3 Å². The van der Waals surface area contributed by atoms with E-state index in [1.54, 1.807) is 0 Å². The molecule has 0 bridgehead atoms. The first-order chi connectivity index (χ1) is 10.1. The number of para-hydroxylation sites is 2. The van der Waals surface area contributed by atoms with Gasteiger partial charge in [-0.3, -0.25) is 4.79 Å². The molecule has 114 valence electrons. The van der Waals surface area contributed by atoms with Gasteiger partial charge in [0.2, 0.25) is 5.91 Å². The van der Waals surface area contributed by atoms with E-state index < -0.39 is 6.04 Å². The minimum absolute atomic E-state index is 0.0563. The van der Waals surface area contributed by atoms with Crippen molar-refractivity contribution in [3.8, 4) is 0 Å². The highest BCUT2D eigenvalue weighted by atomic mass is 16.2. The number of carbonyl (C=O) groups is 1. The maximum absolute atomic E-state index is 11.8. The Labute approximate surface area is 125 Å². The van der Waals surface area contributed by atoms with E-state index in [1.165, 1.54) is 0 Å². The molecule has 5 nitrogen and oxygen atoms in total. The zero-order valence-electron chi connectivity index (χ0n) is 12.7. The third-order valence-electron chi connectivity index (χ3n) is 3.46. The summed E-state index contributed by atoms with van der Waals surface area (Å²) in [7, 11) is 0. The highest BCUT2D eigenvalue weighted by Crippen LogP contribution is 2.11. The summed E-state index contributed by atoms with van der Waals surface area (Å²) in [5.74, 6) is 0.377. The molecule has 0 saturated carbocycles. The highest BCUT2D eigenvalue weighted by Gasteiger charge is 2.13. The molecule has 0 aliphatic rings. The molecule has 0 saturated heterocycles. The van der Waals surface area contributed by atoms with Crippen LogP contribution < -0.4 is 11.1 Å². The molecule has 2 rings (SSSR count). The first kappa shape index (κ1) is 15.5. The van der Waals surface area contributed by atoms with Crippen molar-refractivity contribution in [1.82, 2.24) is 14.9 Å². The van der Waals surface area contributed by atoms with Gasteiger partial charge < -0.3 is 15.6 Å². The molecule has 1 heterocycles. The maximum Gasteiger partial charge on any atom is 0.236 e. The molecule has 0 unspecified atom stereocenters. The molecular formula is C16H24N4O. The average Bonchev–Trinajstić information content (AvgIpc) is 2.86. The Kier molecular flexibility index (Phi) is 5.33. The third kappa shape index (κ3) is 4.29. The fraction of sp³-hybridized carbons (Fsp3) is 0.500. The summed E-state index contributed by atoms with van der Waals surface area (Å²) in [6.07, 6.45) is 3.43. The van der Waals surface area contributed by atoms with E-state index in [0.29, 0.717) is 12.5 Å². The van der Waals surface area contributed by atoms with Crippen molar-refractivity contribution >= 4 is 16.9 Å². The quantitative estimate of drug-likeness (QED) is 0.764. The Hall–Kier alpha value is -1.88. The molecule has 0 aliphatic carbocycles. The standard InChI is InChI=1S/C16H24N4O/c1-12(2)10-13(17)16(21)18-8-5-9-20-11-19-14-6-3-4-7-15(14)20/h3-4,6-7,11-13H,5,8-10,17H2,1-2H3,(H,18,21)/t13-/m0/s1. The number of imidazole rings is 1. The number of aromatic nitrogens is 2. The Morgan fingerprint density at radius 2 is 2.14 bits per heavy atom. The summed E-state index contributed by atoms with van der Waals surface area (Å²) in [4.78, 5) is 16.1. The highest BCUT2D eigenvalue weighted by molar-refractivity contribution is 5.81. The number of nitrogens with one attached hydrogen (secondary N) is 1. The fourth-order valence-corrected chi connectivity index (χ4v) is 2.40. The van der Waals surface area contributed by atoms with E-state index in [9.17, 15) is 4.79 Å². The van der Waals surface area contributed by atoms with Gasteiger partial charge in [0, 0.05) is 13.1 Å². The van der Waals surface area contributed by atoms with Crippen molar-refractivity contribution in [2.75, 3.05) is 6.54 Å². The largest absolute Gasteiger partial charge is 0.355 e. The molecule has 2 aromatic rings. The van der Waals surface area contributed by atoms with E-state index in [-0.39, 0.29) is 5.91 Å². The molecule has 0 spiro atoms. The first-order valence-corrected chi connectivity index (χ1v) is 7.51. The molecule has 1 aromatic heterocycles. The molecule has 21 heavy (non-hydrogen) atoms. The van der Waals surface area contributed by atoms with E-state index in [0.717, 1.165) is 30.4 Å². The number of fused-ring (bicyclic) bond motifs is 1. The molecule has 1 amide bonds. The maximum atomic E-state index is 11.8. The Morgan fingerprint density at radius 3 is 2.90 bits per heavy atom. The fourth-order valence-electron chi connectivity index (χ4n) is 2.40. The van der Waals surface area contributed by atoms with Gasteiger partial charge in [0.05, 0.1) is 23.4 Å². The number of carbonyl (C=O) groups excluding carboxylic acids is 1. The van der Waals surface area contributed by atoms with E-state index >= 15 is 0 Å². The van der Waals surface area contributed by atoms with Crippen LogP contribution in [0.3, 0.4) is 0 Å². The number of nitrogens with zero attached hydrogens (tertiary/aromatic N) is 2. The average molecular weight is 288 g/mol. The van der Waals surface area contributed by atoms with Crippen molar-refractivity contribution in [3.05, 3.63) is 30.6 Å². The van der Waals surface area contributed by atoms with Crippen LogP contribution in [0.1, 0.15) is 26.7 Å². The predicted octanol–water partition coefficient (Wildman–Crippen LogP) is 1.92. The molecular weight excluding hydrogens is 264 g/mol. The van der Waals surface area contributed by atoms with E-state index in [4.69, 9.17) is 5.73 Å². The van der Waals surface area contributed by atoms with Crippen molar-refractivity contribution in [2.24, 2.45) is 11.7 Å². The van der Waals surface area contributed by atoms with Crippen molar-refractivity contribution in [3.63, 3.8) is 0 Å². The lowest BCUT2D eigenvalue weighted by Crippen LogP contribution is -2.41. The Bertz CT molecular complexity index is 591. The van der Waals surface area contributed by atoms with Crippen LogP contribution >= 0.6 is 0 Å². The van der Waals surface area contributed by atoms with Gasteiger partial charge in [0.25, 0.3) is 0 Å². The van der Waals surface area contributed by atoms with Gasteiger partial charge >= 0.3 is 0 Å². The van der Waals surface area contributed by atoms with Crippen molar-refractivity contribution in [2.45, 2.75) is 39.3 Å². The third-order valence-corrected chi connectivity index (χ3v) is 3.46. The van der Waals surface area contributed by atoms with Gasteiger partial charge in [0.1, 0.15) is 0 Å². The normalized spacial score (nSPS) is 12.8. The zero-order chi connectivity index (χ0) is 15.2.